The quantitative estimate of drug-likeness (QED) is 0.850. The Bertz CT molecular complexity index is 709. The number of amides is 1. The summed E-state index contributed by atoms with van der Waals surface area (Å²) in [7, 11) is 0. The molecule has 1 aliphatic heterocycles. The molecule has 0 bridgehead atoms. The van der Waals surface area contributed by atoms with Crippen molar-refractivity contribution in [2.24, 2.45) is 0 Å². The molecule has 2 aromatic heterocycles. The molecule has 0 aliphatic carbocycles. The summed E-state index contributed by atoms with van der Waals surface area (Å²) < 4.78 is 12.9. The summed E-state index contributed by atoms with van der Waals surface area (Å²) in [5.74, 6) is 1.05. The van der Waals surface area contributed by atoms with Gasteiger partial charge in [0, 0.05) is 30.9 Å². The zero-order valence-electron chi connectivity index (χ0n) is 14.9. The van der Waals surface area contributed by atoms with Gasteiger partial charge in [0.15, 0.2) is 5.82 Å². The fraction of sp³-hybridized carbons (Fsp3) is 0.529. The minimum Gasteiger partial charge on any atom is -0.471 e. The molecular formula is C17H23N5O3. The molecule has 0 N–H and O–H groups in total. The van der Waals surface area contributed by atoms with Gasteiger partial charge in [0.1, 0.15) is 11.7 Å². The molecule has 134 valence electrons. The lowest BCUT2D eigenvalue weighted by molar-refractivity contribution is 0.0223. The average molecular weight is 345 g/mol. The Morgan fingerprint density at radius 1 is 1.28 bits per heavy atom. The van der Waals surface area contributed by atoms with E-state index in [2.05, 4.69) is 15.3 Å². The Morgan fingerprint density at radius 2 is 2.08 bits per heavy atom. The maximum Gasteiger partial charge on any atom is 0.410 e. The Balaban J connectivity index is 1.60. The number of aromatic nitrogens is 4. The van der Waals surface area contributed by atoms with Crippen LogP contribution in [0.4, 0.5) is 4.79 Å². The lowest BCUT2D eigenvalue weighted by Gasteiger charge is -2.26. The minimum absolute atomic E-state index is 0.0520. The Labute approximate surface area is 146 Å². The van der Waals surface area contributed by atoms with E-state index in [9.17, 15) is 4.79 Å². The summed E-state index contributed by atoms with van der Waals surface area (Å²) in [4.78, 5) is 14.0. The third kappa shape index (κ3) is 4.26. The van der Waals surface area contributed by atoms with Crippen LogP contribution in [0.15, 0.2) is 30.6 Å². The van der Waals surface area contributed by atoms with Crippen LogP contribution >= 0.6 is 0 Å². The highest BCUT2D eigenvalue weighted by molar-refractivity contribution is 5.69. The number of ether oxygens (including phenoxy) is 2. The molecule has 0 radical (unpaired) electrons. The first-order valence-electron chi connectivity index (χ1n) is 8.32. The minimum atomic E-state index is -0.510. The molecular weight excluding hydrogens is 322 g/mol. The zero-order valence-corrected chi connectivity index (χ0v) is 14.9. The van der Waals surface area contributed by atoms with Gasteiger partial charge in [-0.15, -0.1) is 10.2 Å². The standard InChI is InChI=1S/C17H23N5O3/c1-12-10-13(11-21(12)16(23)25-17(2,3)4)24-15-7-6-14(19-20-15)22-9-5-8-18-22/h5-9,12-13H,10-11H2,1-4H3/t12-,13+/m0/s1. The zero-order chi connectivity index (χ0) is 18.0. The largest absolute Gasteiger partial charge is 0.471 e. The van der Waals surface area contributed by atoms with Crippen molar-refractivity contribution >= 4 is 6.09 Å². The van der Waals surface area contributed by atoms with E-state index in [0.29, 0.717) is 18.2 Å². The van der Waals surface area contributed by atoms with Crippen molar-refractivity contribution in [1.82, 2.24) is 24.9 Å². The fourth-order valence-electron chi connectivity index (χ4n) is 2.72. The van der Waals surface area contributed by atoms with E-state index in [1.807, 2.05) is 33.8 Å². The molecule has 8 heteroatoms. The third-order valence-corrected chi connectivity index (χ3v) is 3.82. The van der Waals surface area contributed by atoms with Gasteiger partial charge in [0.05, 0.1) is 6.54 Å². The van der Waals surface area contributed by atoms with Crippen LogP contribution in [-0.4, -0.2) is 55.3 Å². The Hall–Kier alpha value is -2.64. The number of hydrogen-bond donors (Lipinski definition) is 0. The topological polar surface area (TPSA) is 82.4 Å². The van der Waals surface area contributed by atoms with E-state index in [-0.39, 0.29) is 18.2 Å². The van der Waals surface area contributed by atoms with Crippen molar-refractivity contribution in [2.45, 2.75) is 51.9 Å². The van der Waals surface area contributed by atoms with Gasteiger partial charge < -0.3 is 14.4 Å². The van der Waals surface area contributed by atoms with Gasteiger partial charge in [-0.2, -0.15) is 5.10 Å². The van der Waals surface area contributed by atoms with Crippen LogP contribution in [0.3, 0.4) is 0 Å². The third-order valence-electron chi connectivity index (χ3n) is 3.82. The van der Waals surface area contributed by atoms with E-state index < -0.39 is 5.60 Å². The molecule has 0 saturated carbocycles. The number of rotatable bonds is 3. The molecule has 1 saturated heterocycles. The second kappa shape index (κ2) is 6.70. The normalized spacial score (nSPS) is 20.6. The number of likely N-dealkylation sites (tertiary alicyclic amines) is 1. The molecule has 25 heavy (non-hydrogen) atoms. The van der Waals surface area contributed by atoms with Crippen LogP contribution in [0.5, 0.6) is 5.88 Å². The lowest BCUT2D eigenvalue weighted by Crippen LogP contribution is -2.39. The summed E-state index contributed by atoms with van der Waals surface area (Å²) in [5, 5.41) is 12.3. The van der Waals surface area contributed by atoms with Gasteiger partial charge in [-0.1, -0.05) is 0 Å². The van der Waals surface area contributed by atoms with Crippen molar-refractivity contribution in [1.29, 1.82) is 0 Å². The average Bonchev–Trinajstić information content (AvgIpc) is 3.16. The predicted octanol–water partition coefficient (Wildman–Crippen LogP) is 2.44. The van der Waals surface area contributed by atoms with Crippen LogP contribution in [0.25, 0.3) is 5.82 Å². The van der Waals surface area contributed by atoms with Crippen LogP contribution < -0.4 is 4.74 Å². The second-order valence-electron chi connectivity index (χ2n) is 7.14. The maximum atomic E-state index is 12.3. The molecule has 1 fully saturated rings. The SMILES string of the molecule is C[C@H]1C[C@@H](Oc2ccc(-n3cccn3)nn2)CN1C(=O)OC(C)(C)C. The first-order valence-corrected chi connectivity index (χ1v) is 8.32. The van der Waals surface area contributed by atoms with Crippen LogP contribution in [0.1, 0.15) is 34.1 Å². The van der Waals surface area contributed by atoms with E-state index in [0.717, 1.165) is 6.42 Å². The van der Waals surface area contributed by atoms with Crippen molar-refractivity contribution in [3.05, 3.63) is 30.6 Å². The molecule has 0 spiro atoms. The van der Waals surface area contributed by atoms with Crippen molar-refractivity contribution in [2.75, 3.05) is 6.54 Å². The smallest absolute Gasteiger partial charge is 0.410 e. The van der Waals surface area contributed by atoms with Crippen molar-refractivity contribution in [3.63, 3.8) is 0 Å². The molecule has 8 nitrogen and oxygen atoms in total. The van der Waals surface area contributed by atoms with Crippen LogP contribution in [0, 0.1) is 0 Å². The maximum absolute atomic E-state index is 12.3. The van der Waals surface area contributed by atoms with E-state index >= 15 is 0 Å². The highest BCUT2D eigenvalue weighted by Crippen LogP contribution is 2.24. The second-order valence-corrected chi connectivity index (χ2v) is 7.14. The van der Waals surface area contributed by atoms with Gasteiger partial charge in [0.2, 0.25) is 5.88 Å². The van der Waals surface area contributed by atoms with Gasteiger partial charge in [0.25, 0.3) is 0 Å². The summed E-state index contributed by atoms with van der Waals surface area (Å²) in [6, 6.07) is 5.41. The summed E-state index contributed by atoms with van der Waals surface area (Å²) in [6.07, 6.45) is 3.75. The highest BCUT2D eigenvalue weighted by atomic mass is 16.6. The Morgan fingerprint density at radius 3 is 2.68 bits per heavy atom. The van der Waals surface area contributed by atoms with E-state index in [4.69, 9.17) is 9.47 Å². The number of carbonyl (C=O) groups excluding carboxylic acids is 1. The predicted molar refractivity (Wildman–Crippen MR) is 90.6 cm³/mol. The molecule has 0 unspecified atom stereocenters. The molecule has 2 atom stereocenters. The molecule has 3 rings (SSSR count). The van der Waals surface area contributed by atoms with Gasteiger partial charge in [-0.3, -0.25) is 0 Å². The molecule has 3 heterocycles. The lowest BCUT2D eigenvalue weighted by atomic mass is 10.2. The monoisotopic (exact) mass is 345 g/mol. The van der Waals surface area contributed by atoms with Crippen LogP contribution in [-0.2, 0) is 4.74 Å². The first-order chi connectivity index (χ1) is 11.8. The number of hydrogen-bond acceptors (Lipinski definition) is 6. The highest BCUT2D eigenvalue weighted by Gasteiger charge is 2.36. The molecule has 0 aromatic carbocycles. The number of nitrogens with zero attached hydrogens (tertiary/aromatic N) is 5. The Kier molecular flexibility index (Phi) is 4.61. The van der Waals surface area contributed by atoms with Gasteiger partial charge >= 0.3 is 6.09 Å². The van der Waals surface area contributed by atoms with Crippen LogP contribution in [0.2, 0.25) is 0 Å². The summed E-state index contributed by atoms with van der Waals surface area (Å²) in [6.45, 7) is 8.03. The fourth-order valence-corrected chi connectivity index (χ4v) is 2.72. The molecule has 1 aliphatic rings. The molecule has 2 aromatic rings. The summed E-state index contributed by atoms with van der Waals surface area (Å²) in [5.41, 5.74) is -0.510. The number of carbonyl (C=O) groups is 1. The molecule has 1 amide bonds. The van der Waals surface area contributed by atoms with E-state index in [1.165, 1.54) is 0 Å². The van der Waals surface area contributed by atoms with Crippen molar-refractivity contribution in [3.8, 4) is 11.7 Å². The summed E-state index contributed by atoms with van der Waals surface area (Å²) >= 11 is 0. The van der Waals surface area contributed by atoms with E-state index in [1.54, 1.807) is 34.1 Å². The first kappa shape index (κ1) is 17.2. The van der Waals surface area contributed by atoms with Gasteiger partial charge in [-0.05, 0) is 39.8 Å². The van der Waals surface area contributed by atoms with Gasteiger partial charge in [-0.25, -0.2) is 9.48 Å². The van der Waals surface area contributed by atoms with Crippen molar-refractivity contribution < 1.29 is 14.3 Å².